The van der Waals surface area contributed by atoms with Crippen LogP contribution in [0.15, 0.2) is 21.6 Å². The van der Waals surface area contributed by atoms with Crippen LogP contribution in [0.2, 0.25) is 0 Å². The molecule has 0 fully saturated rings. The molecule has 6 heteroatoms. The molecule has 0 atom stereocenters. The van der Waals surface area contributed by atoms with E-state index in [1.54, 1.807) is 20.8 Å². The van der Waals surface area contributed by atoms with Crippen molar-refractivity contribution in [3.05, 3.63) is 17.9 Å². The Balaban J connectivity index is 3.18. The third kappa shape index (κ3) is 2.11. The molecule has 0 bridgehead atoms. The van der Waals surface area contributed by atoms with Crippen LogP contribution in [0.4, 0.5) is 0 Å². The largest absolute Gasteiger partial charge is 0.440 e. The Hall–Kier alpha value is -1.30. The van der Waals surface area contributed by atoms with Crippen LogP contribution in [0.3, 0.4) is 0 Å². The summed E-state index contributed by atoms with van der Waals surface area (Å²) in [4.78, 5) is 11.2. The Morgan fingerprint density at radius 2 is 1.88 bits per heavy atom. The molecule has 0 aliphatic heterocycles. The molecule has 0 unspecified atom stereocenters. The molecule has 0 saturated heterocycles. The molecule has 90 valence electrons. The van der Waals surface area contributed by atoms with E-state index >= 15 is 0 Å². The number of nitrogens with one attached hydrogen (secondary N) is 1. The van der Waals surface area contributed by atoms with Crippen molar-refractivity contribution in [3.63, 3.8) is 0 Å². The van der Waals surface area contributed by atoms with Crippen LogP contribution in [0.1, 0.15) is 31.3 Å². The van der Waals surface area contributed by atoms with Crippen molar-refractivity contribution >= 4 is 15.7 Å². The second kappa shape index (κ2) is 3.93. The predicted molar refractivity (Wildman–Crippen MR) is 59.0 cm³/mol. The summed E-state index contributed by atoms with van der Waals surface area (Å²) in [5, 5.41) is 2.18. The van der Waals surface area contributed by atoms with Crippen LogP contribution in [0.5, 0.6) is 0 Å². The van der Waals surface area contributed by atoms with Gasteiger partial charge in [-0.1, -0.05) is 0 Å². The molecule has 0 saturated carbocycles. The first-order valence-corrected chi connectivity index (χ1v) is 6.25. The van der Waals surface area contributed by atoms with Crippen LogP contribution in [-0.2, 0) is 9.84 Å². The molecule has 5 nitrogen and oxygen atoms in total. The van der Waals surface area contributed by atoms with E-state index < -0.39 is 20.5 Å². The molecule has 0 aliphatic rings. The Morgan fingerprint density at radius 1 is 1.31 bits per heavy atom. The third-order valence-electron chi connectivity index (χ3n) is 2.10. The van der Waals surface area contributed by atoms with Crippen molar-refractivity contribution < 1.29 is 17.6 Å². The molecule has 1 aromatic rings. The van der Waals surface area contributed by atoms with Gasteiger partial charge in [-0.15, -0.1) is 0 Å². The zero-order valence-electron chi connectivity index (χ0n) is 9.70. The summed E-state index contributed by atoms with van der Waals surface area (Å²) in [5.41, 5.74) is 0. The van der Waals surface area contributed by atoms with Gasteiger partial charge >= 0.3 is 0 Å². The lowest BCUT2D eigenvalue weighted by Crippen LogP contribution is -2.27. The molecule has 0 spiro atoms. The molecule has 1 amide bonds. The van der Waals surface area contributed by atoms with Crippen molar-refractivity contribution in [2.45, 2.75) is 30.6 Å². The normalized spacial score (nSPS) is 12.5. The van der Waals surface area contributed by atoms with Crippen LogP contribution in [-0.4, -0.2) is 26.1 Å². The van der Waals surface area contributed by atoms with Crippen LogP contribution in [0.25, 0.3) is 0 Å². The second-order valence-corrected chi connectivity index (χ2v) is 6.95. The Bertz CT molecular complexity index is 493. The Morgan fingerprint density at radius 3 is 2.31 bits per heavy atom. The van der Waals surface area contributed by atoms with E-state index in [2.05, 4.69) is 5.32 Å². The van der Waals surface area contributed by atoms with Crippen LogP contribution in [0, 0.1) is 0 Å². The van der Waals surface area contributed by atoms with Crippen molar-refractivity contribution in [1.29, 1.82) is 0 Å². The number of amides is 1. The second-order valence-electron chi connectivity index (χ2n) is 4.31. The average Bonchev–Trinajstić information content (AvgIpc) is 2.64. The summed E-state index contributed by atoms with van der Waals surface area (Å²) in [6.07, 6.45) is 0. The first kappa shape index (κ1) is 12.8. The van der Waals surface area contributed by atoms with Gasteiger partial charge in [-0.25, -0.2) is 8.42 Å². The summed E-state index contributed by atoms with van der Waals surface area (Å²) in [6, 6.07) is 2.64. The lowest BCUT2D eigenvalue weighted by Gasteiger charge is -2.16. The fourth-order valence-electron chi connectivity index (χ4n) is 1.01. The number of hydrogen-bond acceptors (Lipinski definition) is 4. The van der Waals surface area contributed by atoms with Gasteiger partial charge in [0.15, 0.2) is 5.76 Å². The predicted octanol–water partition coefficient (Wildman–Crippen LogP) is 1.21. The molecule has 0 radical (unpaired) electrons. The molecule has 1 N–H and O–H groups in total. The van der Waals surface area contributed by atoms with Gasteiger partial charge in [-0.3, -0.25) is 4.79 Å². The zero-order valence-corrected chi connectivity index (χ0v) is 10.5. The highest BCUT2D eigenvalue weighted by Gasteiger charge is 2.34. The highest BCUT2D eigenvalue weighted by atomic mass is 32.2. The highest BCUT2D eigenvalue weighted by molar-refractivity contribution is 7.92. The van der Waals surface area contributed by atoms with E-state index in [0.717, 1.165) is 0 Å². The molecule has 1 heterocycles. The molecular formula is C10H15NO4S. The zero-order chi connectivity index (χ0) is 12.6. The SMILES string of the molecule is CNC(=O)c1ccc(S(=O)(=O)C(C)(C)C)o1. The van der Waals surface area contributed by atoms with E-state index in [9.17, 15) is 13.2 Å². The molecular weight excluding hydrogens is 230 g/mol. The van der Waals surface area contributed by atoms with Crippen molar-refractivity contribution in [1.82, 2.24) is 5.32 Å². The van der Waals surface area contributed by atoms with Gasteiger partial charge in [0, 0.05) is 7.05 Å². The third-order valence-corrected chi connectivity index (χ3v) is 4.46. The van der Waals surface area contributed by atoms with Gasteiger partial charge in [0.25, 0.3) is 5.91 Å². The summed E-state index contributed by atoms with van der Waals surface area (Å²) >= 11 is 0. The minimum absolute atomic E-state index is 0.00896. The Kier molecular flexibility index (Phi) is 3.14. The van der Waals surface area contributed by atoms with Gasteiger partial charge in [0.05, 0.1) is 4.75 Å². The highest BCUT2D eigenvalue weighted by Crippen LogP contribution is 2.26. The van der Waals surface area contributed by atoms with Crippen molar-refractivity contribution in [2.75, 3.05) is 7.05 Å². The average molecular weight is 245 g/mol. The minimum atomic E-state index is -3.54. The fourth-order valence-corrected chi connectivity index (χ4v) is 2.06. The maximum Gasteiger partial charge on any atom is 0.286 e. The van der Waals surface area contributed by atoms with E-state index in [-0.39, 0.29) is 10.9 Å². The Labute approximate surface area is 94.8 Å². The van der Waals surface area contributed by atoms with Gasteiger partial charge in [-0.2, -0.15) is 0 Å². The fraction of sp³-hybridized carbons (Fsp3) is 0.500. The first-order chi connectivity index (χ1) is 7.20. The monoisotopic (exact) mass is 245 g/mol. The van der Waals surface area contributed by atoms with E-state index in [4.69, 9.17) is 4.42 Å². The van der Waals surface area contributed by atoms with Crippen molar-refractivity contribution in [2.24, 2.45) is 0 Å². The van der Waals surface area contributed by atoms with Gasteiger partial charge < -0.3 is 9.73 Å². The van der Waals surface area contributed by atoms with Crippen LogP contribution < -0.4 is 5.32 Å². The quantitative estimate of drug-likeness (QED) is 0.849. The number of hydrogen-bond donors (Lipinski definition) is 1. The first-order valence-electron chi connectivity index (χ1n) is 4.76. The van der Waals surface area contributed by atoms with E-state index in [1.807, 2.05) is 0 Å². The minimum Gasteiger partial charge on any atom is -0.440 e. The molecule has 16 heavy (non-hydrogen) atoms. The van der Waals surface area contributed by atoms with Gasteiger partial charge in [-0.05, 0) is 32.9 Å². The number of rotatable bonds is 2. The summed E-state index contributed by atoms with van der Waals surface area (Å²) in [7, 11) is -2.10. The molecule has 1 aromatic heterocycles. The standard InChI is InChI=1S/C10H15NO4S/c1-10(2,3)16(13,14)8-6-5-7(15-8)9(12)11-4/h5-6H,1-4H3,(H,11,12). The lowest BCUT2D eigenvalue weighted by molar-refractivity contribution is 0.0930. The number of carbonyl (C=O) groups excluding carboxylic acids is 1. The smallest absolute Gasteiger partial charge is 0.286 e. The van der Waals surface area contributed by atoms with Gasteiger partial charge in [0.2, 0.25) is 14.9 Å². The van der Waals surface area contributed by atoms with Crippen LogP contribution >= 0.6 is 0 Å². The van der Waals surface area contributed by atoms with E-state index in [0.29, 0.717) is 0 Å². The molecule has 1 rings (SSSR count). The lowest BCUT2D eigenvalue weighted by atomic mass is 10.3. The maximum absolute atomic E-state index is 12.0. The van der Waals surface area contributed by atoms with Crippen molar-refractivity contribution in [3.8, 4) is 0 Å². The number of sulfone groups is 1. The topological polar surface area (TPSA) is 76.4 Å². The summed E-state index contributed by atoms with van der Waals surface area (Å²) < 4.78 is 28.0. The summed E-state index contributed by atoms with van der Waals surface area (Å²) in [5.74, 6) is -0.458. The number of furan rings is 1. The number of carbonyl (C=O) groups is 1. The molecule has 0 aliphatic carbocycles. The molecule has 0 aromatic carbocycles. The van der Waals surface area contributed by atoms with Gasteiger partial charge in [0.1, 0.15) is 0 Å². The maximum atomic E-state index is 12.0. The summed E-state index contributed by atoms with van der Waals surface area (Å²) in [6.45, 7) is 4.72. The van der Waals surface area contributed by atoms with E-state index in [1.165, 1.54) is 19.2 Å².